The van der Waals surface area contributed by atoms with Crippen molar-refractivity contribution in [2.75, 3.05) is 18.5 Å². The van der Waals surface area contributed by atoms with E-state index in [0.29, 0.717) is 17.7 Å². The van der Waals surface area contributed by atoms with Gasteiger partial charge < -0.3 is 10.1 Å². The summed E-state index contributed by atoms with van der Waals surface area (Å²) in [5, 5.41) is 12.3. The van der Waals surface area contributed by atoms with Crippen molar-refractivity contribution in [3.63, 3.8) is 0 Å². The molecule has 1 N–H and O–H groups in total. The second-order valence-electron chi connectivity index (χ2n) is 5.65. The van der Waals surface area contributed by atoms with Crippen LogP contribution in [-0.4, -0.2) is 18.9 Å². The predicted octanol–water partition coefficient (Wildman–Crippen LogP) is 3.35. The molecule has 4 heteroatoms. The van der Waals surface area contributed by atoms with Gasteiger partial charge in [0.2, 0.25) is 0 Å². The largest absolute Gasteiger partial charge is 0.493 e. The third-order valence-electron chi connectivity index (χ3n) is 4.01. The summed E-state index contributed by atoms with van der Waals surface area (Å²) in [7, 11) is 0. The molecule has 1 heterocycles. The maximum Gasteiger partial charge on any atom is 0.161 e. The minimum Gasteiger partial charge on any atom is -0.493 e. The van der Waals surface area contributed by atoms with E-state index in [9.17, 15) is 4.79 Å². The van der Waals surface area contributed by atoms with Crippen molar-refractivity contribution in [3.05, 3.63) is 58.7 Å². The van der Waals surface area contributed by atoms with E-state index in [1.807, 2.05) is 6.07 Å². The predicted molar refractivity (Wildman–Crippen MR) is 89.0 cm³/mol. The number of ether oxygens (including phenoxy) is 1. The number of ketones is 1. The van der Waals surface area contributed by atoms with Gasteiger partial charge in [-0.2, -0.15) is 5.26 Å². The highest BCUT2D eigenvalue weighted by molar-refractivity contribution is 5.99. The monoisotopic (exact) mass is 306 g/mol. The Morgan fingerprint density at radius 1 is 1.30 bits per heavy atom. The zero-order chi connectivity index (χ0) is 16.2. The molecule has 0 fully saturated rings. The van der Waals surface area contributed by atoms with E-state index in [1.54, 1.807) is 18.2 Å². The van der Waals surface area contributed by atoms with Crippen LogP contribution in [0.25, 0.3) is 0 Å². The van der Waals surface area contributed by atoms with Gasteiger partial charge in [-0.25, -0.2) is 0 Å². The Morgan fingerprint density at radius 3 is 2.96 bits per heavy atom. The Kier molecular flexibility index (Phi) is 4.29. The van der Waals surface area contributed by atoms with Crippen LogP contribution in [-0.2, 0) is 12.8 Å². The summed E-state index contributed by atoms with van der Waals surface area (Å²) in [6.45, 7) is 3.00. The molecule has 0 aliphatic carbocycles. The van der Waals surface area contributed by atoms with Crippen LogP contribution in [0.1, 0.15) is 34.0 Å². The SMILES string of the molecule is CC(=O)c1ccc(C#N)cc1NCCc1ccc2c(c1)CCO2. The number of nitriles is 1. The zero-order valence-corrected chi connectivity index (χ0v) is 13.1. The third kappa shape index (κ3) is 3.35. The van der Waals surface area contributed by atoms with Gasteiger partial charge in [0.1, 0.15) is 5.75 Å². The minimum absolute atomic E-state index is 0.00771. The first-order valence-corrected chi connectivity index (χ1v) is 7.71. The van der Waals surface area contributed by atoms with Gasteiger partial charge in [0.25, 0.3) is 0 Å². The Bertz CT molecular complexity index is 790. The molecule has 1 aliphatic heterocycles. The Balaban J connectivity index is 1.69. The summed E-state index contributed by atoms with van der Waals surface area (Å²) in [5.74, 6) is 0.981. The standard InChI is InChI=1S/C19H18N2O2/c1-13(22)17-4-2-15(12-20)11-18(17)21-8-6-14-3-5-19-16(10-14)7-9-23-19/h2-5,10-11,21H,6-9H2,1H3. The fraction of sp³-hybridized carbons (Fsp3) is 0.263. The molecular weight excluding hydrogens is 288 g/mol. The average Bonchev–Trinajstić information content (AvgIpc) is 3.02. The van der Waals surface area contributed by atoms with E-state index in [0.717, 1.165) is 30.9 Å². The molecule has 23 heavy (non-hydrogen) atoms. The van der Waals surface area contributed by atoms with Crippen LogP contribution >= 0.6 is 0 Å². The highest BCUT2D eigenvalue weighted by atomic mass is 16.5. The van der Waals surface area contributed by atoms with Gasteiger partial charge in [-0.1, -0.05) is 12.1 Å². The lowest BCUT2D eigenvalue weighted by Crippen LogP contribution is -2.09. The number of hydrogen-bond acceptors (Lipinski definition) is 4. The molecule has 0 bridgehead atoms. The maximum atomic E-state index is 11.7. The van der Waals surface area contributed by atoms with Crippen LogP contribution in [0.15, 0.2) is 36.4 Å². The molecule has 0 aromatic heterocycles. The molecule has 1 aliphatic rings. The molecule has 0 atom stereocenters. The lowest BCUT2D eigenvalue weighted by Gasteiger charge is -2.11. The van der Waals surface area contributed by atoms with Gasteiger partial charge in [-0.3, -0.25) is 4.79 Å². The van der Waals surface area contributed by atoms with Gasteiger partial charge in [0.05, 0.1) is 18.2 Å². The molecule has 3 rings (SSSR count). The fourth-order valence-corrected chi connectivity index (χ4v) is 2.80. The van der Waals surface area contributed by atoms with Crippen molar-refractivity contribution in [2.24, 2.45) is 0 Å². The van der Waals surface area contributed by atoms with Crippen molar-refractivity contribution in [1.29, 1.82) is 5.26 Å². The molecule has 0 spiro atoms. The van der Waals surface area contributed by atoms with E-state index in [1.165, 1.54) is 18.1 Å². The molecule has 0 amide bonds. The number of fused-ring (bicyclic) bond motifs is 1. The first-order chi connectivity index (χ1) is 11.2. The number of nitrogens with one attached hydrogen (secondary N) is 1. The number of carbonyl (C=O) groups excluding carboxylic acids is 1. The Labute approximate surface area is 135 Å². The van der Waals surface area contributed by atoms with Crippen LogP contribution in [0.4, 0.5) is 5.69 Å². The molecule has 0 radical (unpaired) electrons. The zero-order valence-electron chi connectivity index (χ0n) is 13.1. The lowest BCUT2D eigenvalue weighted by atomic mass is 10.0. The van der Waals surface area contributed by atoms with Crippen molar-refractivity contribution in [1.82, 2.24) is 0 Å². The van der Waals surface area contributed by atoms with E-state index in [2.05, 4.69) is 23.5 Å². The van der Waals surface area contributed by atoms with Crippen LogP contribution in [0.5, 0.6) is 5.75 Å². The van der Waals surface area contributed by atoms with Crippen molar-refractivity contribution in [2.45, 2.75) is 19.8 Å². The average molecular weight is 306 g/mol. The minimum atomic E-state index is -0.00771. The molecule has 0 unspecified atom stereocenters. The molecule has 4 nitrogen and oxygen atoms in total. The highest BCUT2D eigenvalue weighted by Gasteiger charge is 2.12. The second kappa shape index (κ2) is 6.53. The Hall–Kier alpha value is -2.80. The molecular formula is C19H18N2O2. The number of nitrogens with zero attached hydrogens (tertiary/aromatic N) is 1. The van der Waals surface area contributed by atoms with Gasteiger partial charge in [-0.15, -0.1) is 0 Å². The maximum absolute atomic E-state index is 11.7. The van der Waals surface area contributed by atoms with Crippen LogP contribution < -0.4 is 10.1 Å². The summed E-state index contributed by atoms with van der Waals surface area (Å²) in [6.07, 6.45) is 1.82. The summed E-state index contributed by atoms with van der Waals surface area (Å²) < 4.78 is 5.51. The van der Waals surface area contributed by atoms with E-state index < -0.39 is 0 Å². The number of anilines is 1. The quantitative estimate of drug-likeness (QED) is 0.861. The number of rotatable bonds is 5. The third-order valence-corrected chi connectivity index (χ3v) is 4.01. The molecule has 0 saturated carbocycles. The normalized spacial score (nSPS) is 12.2. The van der Waals surface area contributed by atoms with Crippen LogP contribution in [0.3, 0.4) is 0 Å². The van der Waals surface area contributed by atoms with Gasteiger partial charge in [0, 0.05) is 24.2 Å². The summed E-state index contributed by atoms with van der Waals surface area (Å²) in [6, 6.07) is 13.5. The number of carbonyl (C=O) groups is 1. The van der Waals surface area contributed by atoms with E-state index in [-0.39, 0.29) is 5.78 Å². The topological polar surface area (TPSA) is 62.1 Å². The van der Waals surface area contributed by atoms with Crippen molar-refractivity contribution in [3.8, 4) is 11.8 Å². The lowest BCUT2D eigenvalue weighted by molar-refractivity contribution is 0.101. The fourth-order valence-electron chi connectivity index (χ4n) is 2.80. The van der Waals surface area contributed by atoms with Crippen molar-refractivity contribution >= 4 is 11.5 Å². The molecule has 2 aromatic rings. The molecule has 2 aromatic carbocycles. The summed E-state index contributed by atoms with van der Waals surface area (Å²) >= 11 is 0. The number of hydrogen-bond donors (Lipinski definition) is 1. The molecule has 0 saturated heterocycles. The highest BCUT2D eigenvalue weighted by Crippen LogP contribution is 2.26. The second-order valence-corrected chi connectivity index (χ2v) is 5.65. The first-order valence-electron chi connectivity index (χ1n) is 7.71. The van der Waals surface area contributed by atoms with Crippen LogP contribution in [0, 0.1) is 11.3 Å². The summed E-state index contributed by atoms with van der Waals surface area (Å²) in [5.41, 5.74) is 4.39. The van der Waals surface area contributed by atoms with Gasteiger partial charge in [0.15, 0.2) is 5.78 Å². The van der Waals surface area contributed by atoms with E-state index in [4.69, 9.17) is 10.00 Å². The smallest absolute Gasteiger partial charge is 0.161 e. The number of benzene rings is 2. The molecule has 116 valence electrons. The van der Waals surface area contributed by atoms with Gasteiger partial charge >= 0.3 is 0 Å². The Morgan fingerprint density at radius 2 is 2.17 bits per heavy atom. The summed E-state index contributed by atoms with van der Waals surface area (Å²) in [4.78, 5) is 11.7. The van der Waals surface area contributed by atoms with Gasteiger partial charge in [-0.05, 0) is 48.7 Å². The van der Waals surface area contributed by atoms with Crippen LogP contribution in [0.2, 0.25) is 0 Å². The first kappa shape index (κ1) is 15.1. The van der Waals surface area contributed by atoms with E-state index >= 15 is 0 Å². The van der Waals surface area contributed by atoms with Crippen molar-refractivity contribution < 1.29 is 9.53 Å². The number of Topliss-reactive ketones (excluding diaryl/α,β-unsaturated/α-hetero) is 1.